The molecule has 140 valence electrons. The molecule has 2 aliphatic carbocycles. The van der Waals surface area contributed by atoms with E-state index in [1.54, 1.807) is 23.1 Å². The average Bonchev–Trinajstić information content (AvgIpc) is 3.26. The second-order valence-corrected chi connectivity index (χ2v) is 8.70. The summed E-state index contributed by atoms with van der Waals surface area (Å²) in [6.07, 6.45) is 5.94. The molecular weight excluding hydrogens is 371 g/mol. The molecule has 4 nitrogen and oxygen atoms in total. The fourth-order valence-corrected chi connectivity index (χ4v) is 5.36. The third-order valence-electron chi connectivity index (χ3n) is 6.42. The summed E-state index contributed by atoms with van der Waals surface area (Å²) in [5.74, 6) is 2.38. The monoisotopic (exact) mass is 394 g/mol. The van der Waals surface area contributed by atoms with E-state index in [4.69, 9.17) is 23.2 Å². The van der Waals surface area contributed by atoms with Crippen LogP contribution in [-0.2, 0) is 4.79 Å². The lowest BCUT2D eigenvalue weighted by Crippen LogP contribution is -2.51. The van der Waals surface area contributed by atoms with E-state index in [9.17, 15) is 9.59 Å². The van der Waals surface area contributed by atoms with Crippen LogP contribution in [0.5, 0.6) is 0 Å². The highest BCUT2D eigenvalue weighted by Gasteiger charge is 2.40. The molecule has 3 unspecified atom stereocenters. The molecule has 4 rings (SSSR count). The minimum Gasteiger partial charge on any atom is -0.339 e. The first-order valence-electron chi connectivity index (χ1n) is 9.54. The number of halogens is 2. The molecule has 0 aromatic heterocycles. The number of carbonyl (C=O) groups excluding carboxylic acids is 2. The van der Waals surface area contributed by atoms with Crippen molar-refractivity contribution in [3.63, 3.8) is 0 Å². The van der Waals surface area contributed by atoms with E-state index in [2.05, 4.69) is 0 Å². The van der Waals surface area contributed by atoms with Crippen molar-refractivity contribution in [1.82, 2.24) is 9.80 Å². The molecule has 1 aliphatic heterocycles. The van der Waals surface area contributed by atoms with Crippen molar-refractivity contribution in [1.29, 1.82) is 0 Å². The van der Waals surface area contributed by atoms with E-state index in [-0.39, 0.29) is 11.8 Å². The van der Waals surface area contributed by atoms with Gasteiger partial charge in [0.15, 0.2) is 0 Å². The number of nitrogens with zero attached hydrogens (tertiary/aromatic N) is 2. The van der Waals surface area contributed by atoms with Crippen LogP contribution in [-0.4, -0.2) is 47.8 Å². The number of fused-ring (bicyclic) bond motifs is 2. The lowest BCUT2D eigenvalue weighted by Gasteiger charge is -2.36. The Balaban J connectivity index is 1.31. The zero-order valence-electron chi connectivity index (χ0n) is 14.8. The second kappa shape index (κ2) is 7.40. The molecule has 1 aromatic rings. The van der Waals surface area contributed by atoms with Crippen LogP contribution in [0.1, 0.15) is 42.5 Å². The Morgan fingerprint density at radius 3 is 2.38 bits per heavy atom. The molecule has 1 aromatic carbocycles. The van der Waals surface area contributed by atoms with Crippen LogP contribution >= 0.6 is 23.2 Å². The Hall–Kier alpha value is -1.26. The molecule has 0 spiro atoms. The van der Waals surface area contributed by atoms with Crippen LogP contribution in [0.4, 0.5) is 0 Å². The molecular formula is C20H24Cl2N2O2. The predicted octanol–water partition coefficient (Wildman–Crippen LogP) is 4.10. The van der Waals surface area contributed by atoms with Gasteiger partial charge in [-0.05, 0) is 49.1 Å². The fraction of sp³-hybridized carbons (Fsp3) is 0.600. The highest BCUT2D eigenvalue weighted by atomic mass is 35.5. The van der Waals surface area contributed by atoms with Gasteiger partial charge in [-0.3, -0.25) is 9.59 Å². The lowest BCUT2D eigenvalue weighted by atomic mass is 9.86. The van der Waals surface area contributed by atoms with Gasteiger partial charge in [0.1, 0.15) is 0 Å². The average molecular weight is 395 g/mol. The number of piperazine rings is 1. The molecule has 2 amide bonds. The molecule has 1 heterocycles. The Kier molecular flexibility index (Phi) is 5.15. The maximum atomic E-state index is 12.7. The first kappa shape index (κ1) is 18.1. The summed E-state index contributed by atoms with van der Waals surface area (Å²) in [6, 6.07) is 5.10. The van der Waals surface area contributed by atoms with E-state index in [0.29, 0.717) is 54.1 Å². The van der Waals surface area contributed by atoms with Gasteiger partial charge in [0.2, 0.25) is 5.91 Å². The van der Waals surface area contributed by atoms with Crippen molar-refractivity contribution < 1.29 is 9.59 Å². The van der Waals surface area contributed by atoms with Crippen LogP contribution in [0.25, 0.3) is 0 Å². The topological polar surface area (TPSA) is 40.6 Å². The highest BCUT2D eigenvalue weighted by Crippen LogP contribution is 2.49. The van der Waals surface area contributed by atoms with Crippen LogP contribution in [0, 0.1) is 17.8 Å². The van der Waals surface area contributed by atoms with E-state index in [1.165, 1.54) is 25.7 Å². The van der Waals surface area contributed by atoms with Gasteiger partial charge in [-0.15, -0.1) is 0 Å². The van der Waals surface area contributed by atoms with Gasteiger partial charge in [0.05, 0.1) is 15.6 Å². The smallest absolute Gasteiger partial charge is 0.255 e. The van der Waals surface area contributed by atoms with Gasteiger partial charge >= 0.3 is 0 Å². The third-order valence-corrected chi connectivity index (χ3v) is 7.24. The molecule has 26 heavy (non-hydrogen) atoms. The molecule has 3 atom stereocenters. The van der Waals surface area contributed by atoms with Gasteiger partial charge < -0.3 is 9.80 Å². The van der Waals surface area contributed by atoms with Crippen molar-refractivity contribution >= 4 is 35.0 Å². The molecule has 6 heteroatoms. The van der Waals surface area contributed by atoms with Crippen molar-refractivity contribution in [2.75, 3.05) is 26.2 Å². The van der Waals surface area contributed by atoms with Gasteiger partial charge in [-0.25, -0.2) is 0 Å². The van der Waals surface area contributed by atoms with Crippen LogP contribution in [0.2, 0.25) is 10.0 Å². The lowest BCUT2D eigenvalue weighted by molar-refractivity contribution is -0.134. The molecule has 3 fully saturated rings. The Labute approximate surface area is 164 Å². The maximum Gasteiger partial charge on any atom is 0.255 e. The predicted molar refractivity (Wildman–Crippen MR) is 103 cm³/mol. The standard InChI is InChI=1S/C20H24Cl2N2O2/c21-17-3-1-2-16(19(17)22)20(26)24-8-6-23(7-9-24)18(25)12-15-11-13-4-5-14(15)10-13/h1-3,13-15H,4-12H2. The van der Waals surface area contributed by atoms with Crippen molar-refractivity contribution in [2.24, 2.45) is 17.8 Å². The van der Waals surface area contributed by atoms with Crippen molar-refractivity contribution in [3.05, 3.63) is 33.8 Å². The van der Waals surface area contributed by atoms with Gasteiger partial charge in [0, 0.05) is 32.6 Å². The zero-order valence-corrected chi connectivity index (χ0v) is 16.3. The molecule has 1 saturated heterocycles. The van der Waals surface area contributed by atoms with Crippen molar-refractivity contribution in [3.8, 4) is 0 Å². The summed E-state index contributed by atoms with van der Waals surface area (Å²) in [5, 5.41) is 0.686. The number of amides is 2. The number of rotatable bonds is 3. The summed E-state index contributed by atoms with van der Waals surface area (Å²) < 4.78 is 0. The summed E-state index contributed by atoms with van der Waals surface area (Å²) in [7, 11) is 0. The van der Waals surface area contributed by atoms with E-state index in [1.807, 2.05) is 4.90 Å². The molecule has 2 saturated carbocycles. The van der Waals surface area contributed by atoms with Crippen molar-refractivity contribution in [2.45, 2.75) is 32.1 Å². The fourth-order valence-electron chi connectivity index (χ4n) is 4.98. The van der Waals surface area contributed by atoms with E-state index in [0.717, 1.165) is 11.8 Å². The number of hydrogen-bond donors (Lipinski definition) is 0. The number of hydrogen-bond acceptors (Lipinski definition) is 2. The second-order valence-electron chi connectivity index (χ2n) is 7.91. The zero-order chi connectivity index (χ0) is 18.3. The molecule has 2 bridgehead atoms. The minimum atomic E-state index is -0.113. The normalized spacial score (nSPS) is 27.8. The van der Waals surface area contributed by atoms with Crippen LogP contribution < -0.4 is 0 Å². The van der Waals surface area contributed by atoms with E-state index < -0.39 is 0 Å². The van der Waals surface area contributed by atoms with E-state index >= 15 is 0 Å². The Morgan fingerprint density at radius 1 is 1.00 bits per heavy atom. The molecule has 3 aliphatic rings. The van der Waals surface area contributed by atoms with Gasteiger partial charge in [-0.1, -0.05) is 35.7 Å². The largest absolute Gasteiger partial charge is 0.339 e. The summed E-state index contributed by atoms with van der Waals surface area (Å²) in [4.78, 5) is 29.0. The van der Waals surface area contributed by atoms with Crippen LogP contribution in [0.15, 0.2) is 18.2 Å². The van der Waals surface area contributed by atoms with Gasteiger partial charge in [-0.2, -0.15) is 0 Å². The maximum absolute atomic E-state index is 12.7. The third kappa shape index (κ3) is 3.46. The Bertz CT molecular complexity index is 716. The SMILES string of the molecule is O=C(CC1CC2CCC1C2)N1CCN(C(=O)c2cccc(Cl)c2Cl)CC1. The molecule has 0 N–H and O–H groups in total. The van der Waals surface area contributed by atoms with Gasteiger partial charge in [0.25, 0.3) is 5.91 Å². The molecule has 0 radical (unpaired) electrons. The number of carbonyl (C=O) groups is 2. The first-order valence-corrected chi connectivity index (χ1v) is 10.3. The summed E-state index contributed by atoms with van der Waals surface area (Å²) in [5.41, 5.74) is 0.431. The summed E-state index contributed by atoms with van der Waals surface area (Å²) >= 11 is 12.2. The quantitative estimate of drug-likeness (QED) is 0.773. The van der Waals surface area contributed by atoms with Crippen LogP contribution in [0.3, 0.4) is 0 Å². The highest BCUT2D eigenvalue weighted by molar-refractivity contribution is 6.43. The minimum absolute atomic E-state index is 0.113. The first-order chi connectivity index (χ1) is 12.5. The Morgan fingerprint density at radius 2 is 1.73 bits per heavy atom. The number of benzene rings is 1. The summed E-state index contributed by atoms with van der Waals surface area (Å²) in [6.45, 7) is 2.29.